The Hall–Kier alpha value is -1.30. The maximum atomic E-state index is 10.8. The lowest BCUT2D eigenvalue weighted by molar-refractivity contribution is -0.0443. The summed E-state index contributed by atoms with van der Waals surface area (Å²) in [7, 11) is 4.71. The Kier molecular flexibility index (Phi) is 6.08. The molecule has 3 N–H and O–H groups in total. The first-order valence-electron chi connectivity index (χ1n) is 6.25. The van der Waals surface area contributed by atoms with Crippen LogP contribution in [0.25, 0.3) is 0 Å². The lowest BCUT2D eigenvalue weighted by Gasteiger charge is -2.29. The van der Waals surface area contributed by atoms with Crippen LogP contribution in [-0.4, -0.2) is 39.6 Å². The summed E-state index contributed by atoms with van der Waals surface area (Å²) in [6.07, 6.45) is 1.22. The molecule has 0 aromatic heterocycles. The highest BCUT2D eigenvalue weighted by atomic mass is 16.5. The Balaban J connectivity index is 3.13. The molecule has 0 heterocycles. The molecule has 5 nitrogen and oxygen atoms in total. The first-order chi connectivity index (χ1) is 9.11. The van der Waals surface area contributed by atoms with E-state index in [0.717, 1.165) is 0 Å². The van der Waals surface area contributed by atoms with Gasteiger partial charge in [-0.1, -0.05) is 0 Å². The van der Waals surface area contributed by atoms with Crippen molar-refractivity contribution in [2.75, 3.05) is 34.5 Å². The van der Waals surface area contributed by atoms with E-state index in [-0.39, 0.29) is 6.61 Å². The number of hydrogen-bond acceptors (Lipinski definition) is 5. The van der Waals surface area contributed by atoms with E-state index < -0.39 is 5.60 Å². The first kappa shape index (κ1) is 15.8. The summed E-state index contributed by atoms with van der Waals surface area (Å²) in [4.78, 5) is 0. The maximum absolute atomic E-state index is 10.8. The van der Waals surface area contributed by atoms with Gasteiger partial charge in [0.1, 0.15) is 17.1 Å². The molecule has 0 aliphatic heterocycles. The number of aliphatic hydroxyl groups is 1. The van der Waals surface area contributed by atoms with Crippen molar-refractivity contribution in [2.24, 2.45) is 5.73 Å². The van der Waals surface area contributed by atoms with Gasteiger partial charge in [-0.2, -0.15) is 0 Å². The van der Waals surface area contributed by atoms with Crippen molar-refractivity contribution >= 4 is 0 Å². The molecule has 5 heteroatoms. The fourth-order valence-electron chi connectivity index (χ4n) is 2.10. The molecule has 0 amide bonds. The fraction of sp³-hybridized carbons (Fsp3) is 0.571. The summed E-state index contributed by atoms with van der Waals surface area (Å²) in [6.45, 7) is 0.709. The standard InChI is InChI=1S/C14H23NO4/c1-17-10-14(16,7-4-8-15)12-6-5-11(18-2)9-13(12)19-3/h5-6,9,16H,4,7-8,10,15H2,1-3H3. The van der Waals surface area contributed by atoms with Gasteiger partial charge in [-0.25, -0.2) is 0 Å². The quantitative estimate of drug-likeness (QED) is 0.743. The molecule has 19 heavy (non-hydrogen) atoms. The Morgan fingerprint density at radius 3 is 2.47 bits per heavy atom. The van der Waals surface area contributed by atoms with Crippen LogP contribution in [0, 0.1) is 0 Å². The summed E-state index contributed by atoms with van der Waals surface area (Å²) in [5, 5.41) is 10.8. The van der Waals surface area contributed by atoms with E-state index in [4.69, 9.17) is 19.9 Å². The van der Waals surface area contributed by atoms with Gasteiger partial charge in [0.15, 0.2) is 0 Å². The van der Waals surface area contributed by atoms with Crippen molar-refractivity contribution in [3.63, 3.8) is 0 Å². The second-order valence-electron chi connectivity index (χ2n) is 4.42. The normalized spacial score (nSPS) is 13.9. The molecule has 0 bridgehead atoms. The van der Waals surface area contributed by atoms with Crippen molar-refractivity contribution in [3.8, 4) is 11.5 Å². The van der Waals surface area contributed by atoms with Crippen molar-refractivity contribution in [1.82, 2.24) is 0 Å². The van der Waals surface area contributed by atoms with Crippen LogP contribution in [0.5, 0.6) is 11.5 Å². The molecule has 108 valence electrons. The molecule has 1 aromatic rings. The molecule has 1 atom stereocenters. The van der Waals surface area contributed by atoms with E-state index in [9.17, 15) is 5.11 Å². The van der Waals surface area contributed by atoms with E-state index in [2.05, 4.69) is 0 Å². The van der Waals surface area contributed by atoms with Gasteiger partial charge in [0.05, 0.1) is 20.8 Å². The van der Waals surface area contributed by atoms with Crippen LogP contribution in [0.1, 0.15) is 18.4 Å². The van der Waals surface area contributed by atoms with E-state index in [1.165, 1.54) is 0 Å². The Bertz CT molecular complexity index is 397. The molecule has 1 aromatic carbocycles. The number of rotatable bonds is 8. The second-order valence-corrected chi connectivity index (χ2v) is 4.42. The van der Waals surface area contributed by atoms with E-state index in [1.807, 2.05) is 0 Å². The van der Waals surface area contributed by atoms with Crippen molar-refractivity contribution in [3.05, 3.63) is 23.8 Å². The minimum absolute atomic E-state index is 0.190. The van der Waals surface area contributed by atoms with Crippen LogP contribution < -0.4 is 15.2 Å². The van der Waals surface area contributed by atoms with Gasteiger partial charge in [-0.15, -0.1) is 0 Å². The third kappa shape index (κ3) is 3.83. The zero-order valence-corrected chi connectivity index (χ0v) is 11.8. The van der Waals surface area contributed by atoms with Gasteiger partial charge in [0.25, 0.3) is 0 Å². The molecule has 0 spiro atoms. The molecular formula is C14H23NO4. The molecule has 0 saturated carbocycles. The van der Waals surface area contributed by atoms with Gasteiger partial charge < -0.3 is 25.1 Å². The average molecular weight is 269 g/mol. The number of nitrogens with two attached hydrogens (primary N) is 1. The largest absolute Gasteiger partial charge is 0.497 e. The molecule has 0 aliphatic carbocycles. The Morgan fingerprint density at radius 1 is 1.21 bits per heavy atom. The summed E-state index contributed by atoms with van der Waals surface area (Å²) in [5.41, 5.74) is 5.10. The minimum Gasteiger partial charge on any atom is -0.497 e. The van der Waals surface area contributed by atoms with Gasteiger partial charge in [-0.3, -0.25) is 0 Å². The topological polar surface area (TPSA) is 73.9 Å². The summed E-state index contributed by atoms with van der Waals surface area (Å²) < 4.78 is 15.6. The lowest BCUT2D eigenvalue weighted by Crippen LogP contribution is -2.32. The third-order valence-corrected chi connectivity index (χ3v) is 3.09. The molecule has 0 saturated heterocycles. The number of methoxy groups -OCH3 is 3. The maximum Gasteiger partial charge on any atom is 0.128 e. The van der Waals surface area contributed by atoms with E-state index in [1.54, 1.807) is 39.5 Å². The lowest BCUT2D eigenvalue weighted by atomic mass is 9.89. The predicted molar refractivity (Wildman–Crippen MR) is 73.6 cm³/mol. The number of ether oxygens (including phenoxy) is 3. The van der Waals surface area contributed by atoms with Crippen LogP contribution >= 0.6 is 0 Å². The van der Waals surface area contributed by atoms with Gasteiger partial charge in [0.2, 0.25) is 0 Å². The third-order valence-electron chi connectivity index (χ3n) is 3.09. The molecule has 1 rings (SSSR count). The Morgan fingerprint density at radius 2 is 1.95 bits per heavy atom. The highest BCUT2D eigenvalue weighted by molar-refractivity contribution is 5.44. The van der Waals surface area contributed by atoms with Crippen LogP contribution in [0.3, 0.4) is 0 Å². The first-order valence-corrected chi connectivity index (χ1v) is 6.25. The summed E-state index contributed by atoms with van der Waals surface area (Å²) in [5.74, 6) is 1.26. The van der Waals surface area contributed by atoms with Crippen LogP contribution in [0.15, 0.2) is 18.2 Å². The van der Waals surface area contributed by atoms with Crippen molar-refractivity contribution in [2.45, 2.75) is 18.4 Å². The summed E-state index contributed by atoms with van der Waals surface area (Å²) >= 11 is 0. The Labute approximate surface area is 114 Å². The molecular weight excluding hydrogens is 246 g/mol. The number of hydrogen-bond donors (Lipinski definition) is 2. The van der Waals surface area contributed by atoms with Gasteiger partial charge in [-0.05, 0) is 31.5 Å². The van der Waals surface area contributed by atoms with E-state index >= 15 is 0 Å². The molecule has 0 fully saturated rings. The smallest absolute Gasteiger partial charge is 0.128 e. The minimum atomic E-state index is -1.11. The zero-order valence-electron chi connectivity index (χ0n) is 11.8. The van der Waals surface area contributed by atoms with E-state index in [0.29, 0.717) is 36.4 Å². The predicted octanol–water partition coefficient (Wildman–Crippen LogP) is 1.28. The van der Waals surface area contributed by atoms with Gasteiger partial charge >= 0.3 is 0 Å². The van der Waals surface area contributed by atoms with Crippen molar-refractivity contribution < 1.29 is 19.3 Å². The summed E-state index contributed by atoms with van der Waals surface area (Å²) in [6, 6.07) is 5.34. The second kappa shape index (κ2) is 7.33. The molecule has 1 unspecified atom stereocenters. The van der Waals surface area contributed by atoms with Crippen LogP contribution in [0.2, 0.25) is 0 Å². The highest BCUT2D eigenvalue weighted by Gasteiger charge is 2.32. The molecule has 0 aliphatic rings. The highest BCUT2D eigenvalue weighted by Crippen LogP contribution is 2.36. The average Bonchev–Trinajstić information content (AvgIpc) is 2.44. The van der Waals surface area contributed by atoms with Crippen LogP contribution in [0.4, 0.5) is 0 Å². The fourth-order valence-corrected chi connectivity index (χ4v) is 2.10. The number of benzene rings is 1. The monoisotopic (exact) mass is 269 g/mol. The SMILES string of the molecule is COCC(O)(CCCN)c1ccc(OC)cc1OC. The van der Waals surface area contributed by atoms with Gasteiger partial charge in [0, 0.05) is 18.7 Å². The van der Waals surface area contributed by atoms with Crippen LogP contribution in [-0.2, 0) is 10.3 Å². The molecule has 0 radical (unpaired) electrons. The van der Waals surface area contributed by atoms with Crippen molar-refractivity contribution in [1.29, 1.82) is 0 Å². The zero-order chi connectivity index (χ0) is 14.3.